The molecule has 0 fully saturated rings. The van der Waals surface area contributed by atoms with E-state index in [0.717, 1.165) is 5.56 Å². The van der Waals surface area contributed by atoms with Gasteiger partial charge in [-0.05, 0) is 23.8 Å². The van der Waals surface area contributed by atoms with Crippen LogP contribution in [0.5, 0.6) is 5.75 Å². The summed E-state index contributed by atoms with van der Waals surface area (Å²) in [5.74, 6) is 0.402. The van der Waals surface area contributed by atoms with Gasteiger partial charge in [-0.2, -0.15) is 5.10 Å². The molecule has 0 saturated heterocycles. The van der Waals surface area contributed by atoms with Gasteiger partial charge in [0.15, 0.2) is 0 Å². The largest absolute Gasteiger partial charge is 0.464 e. The molecule has 2 aromatic carbocycles. The monoisotopic (exact) mass is 391 g/mol. The normalized spacial score (nSPS) is 14.0. The molecule has 3 rings (SSSR count). The van der Waals surface area contributed by atoms with Crippen LogP contribution in [0.15, 0.2) is 61.2 Å². The fraction of sp³-hybridized carbons (Fsp3) is 0.263. The third-order valence-corrected chi connectivity index (χ3v) is 4.90. The summed E-state index contributed by atoms with van der Waals surface area (Å²) in [5, 5.41) is 16.2. The first-order valence-corrected chi connectivity index (χ1v) is 8.84. The summed E-state index contributed by atoms with van der Waals surface area (Å²) in [6, 6.07) is 14.7. The van der Waals surface area contributed by atoms with Crippen LogP contribution in [0, 0.1) is 0 Å². The molecule has 1 N–H and O–H groups in total. The third-order valence-electron chi connectivity index (χ3n) is 4.37. The summed E-state index contributed by atoms with van der Waals surface area (Å²) in [4.78, 5) is 3.97. The Kier molecular flexibility index (Phi) is 5.51. The molecule has 2 unspecified atom stereocenters. The van der Waals surface area contributed by atoms with Crippen LogP contribution in [0.2, 0.25) is 10.0 Å². The molecule has 0 aliphatic heterocycles. The molecule has 5 nitrogen and oxygen atoms in total. The Labute approximate surface area is 162 Å². The minimum atomic E-state index is -0.932. The topological polar surface area (TPSA) is 60.2 Å². The van der Waals surface area contributed by atoms with Crippen LogP contribution in [0.1, 0.15) is 25.6 Å². The molecule has 0 aliphatic rings. The van der Waals surface area contributed by atoms with Gasteiger partial charge in [-0.3, -0.25) is 0 Å². The fourth-order valence-electron chi connectivity index (χ4n) is 2.71. The number of benzene rings is 2. The lowest BCUT2D eigenvalue weighted by atomic mass is 9.78. The van der Waals surface area contributed by atoms with Gasteiger partial charge in [0.05, 0.1) is 5.02 Å². The number of nitrogens with zero attached hydrogens (tertiary/aromatic N) is 3. The van der Waals surface area contributed by atoms with E-state index in [1.807, 2.05) is 44.2 Å². The molecule has 1 heterocycles. The zero-order valence-corrected chi connectivity index (χ0v) is 15.9. The standard InChI is InChI=1S/C19H19Cl2N3O2/c1-19(2,13-6-4-3-5-7-13)17(25)18(24-12-22-11-23-24)26-16-9-8-14(20)10-15(16)21/h3-12,17-18,25H,1-2H3. The van der Waals surface area contributed by atoms with Crippen molar-refractivity contribution in [3.8, 4) is 5.75 Å². The van der Waals surface area contributed by atoms with Crippen LogP contribution in [-0.2, 0) is 5.41 Å². The van der Waals surface area contributed by atoms with Crippen LogP contribution in [0.25, 0.3) is 0 Å². The zero-order chi connectivity index (χ0) is 18.7. The SMILES string of the molecule is CC(C)(c1ccccc1)C(O)C(Oc1ccc(Cl)cc1Cl)n1cncn1. The minimum Gasteiger partial charge on any atom is -0.464 e. The summed E-state index contributed by atoms with van der Waals surface area (Å²) in [7, 11) is 0. The zero-order valence-electron chi connectivity index (χ0n) is 14.4. The maximum Gasteiger partial charge on any atom is 0.219 e. The van der Waals surface area contributed by atoms with Crippen molar-refractivity contribution in [2.24, 2.45) is 0 Å². The van der Waals surface area contributed by atoms with Gasteiger partial charge in [0.25, 0.3) is 0 Å². The quantitative estimate of drug-likeness (QED) is 0.671. The van der Waals surface area contributed by atoms with Gasteiger partial charge in [0.1, 0.15) is 24.5 Å². The predicted molar refractivity (Wildman–Crippen MR) is 102 cm³/mol. The highest BCUT2D eigenvalue weighted by Crippen LogP contribution is 2.36. The van der Waals surface area contributed by atoms with E-state index in [2.05, 4.69) is 10.1 Å². The molecule has 2 atom stereocenters. The fourth-order valence-corrected chi connectivity index (χ4v) is 3.16. The molecule has 3 aromatic rings. The Bertz CT molecular complexity index is 854. The average Bonchev–Trinajstić information content (AvgIpc) is 3.15. The molecule has 0 radical (unpaired) electrons. The van der Waals surface area contributed by atoms with Crippen molar-refractivity contribution in [2.45, 2.75) is 31.6 Å². The van der Waals surface area contributed by atoms with Crippen LogP contribution < -0.4 is 4.74 Å². The first-order chi connectivity index (χ1) is 12.4. The first-order valence-electron chi connectivity index (χ1n) is 8.09. The van der Waals surface area contributed by atoms with E-state index in [1.54, 1.807) is 18.2 Å². The second-order valence-corrected chi connectivity index (χ2v) is 7.33. The number of aromatic nitrogens is 3. The summed E-state index contributed by atoms with van der Waals surface area (Å²) in [5.41, 5.74) is 0.361. The number of rotatable bonds is 6. The first kappa shape index (κ1) is 18.7. The van der Waals surface area contributed by atoms with Gasteiger partial charge in [0, 0.05) is 10.4 Å². The number of hydrogen-bond donors (Lipinski definition) is 1. The molecular weight excluding hydrogens is 373 g/mol. The Morgan fingerprint density at radius 2 is 1.85 bits per heavy atom. The van der Waals surface area contributed by atoms with Crippen molar-refractivity contribution < 1.29 is 9.84 Å². The van der Waals surface area contributed by atoms with E-state index in [4.69, 9.17) is 27.9 Å². The lowest BCUT2D eigenvalue weighted by Gasteiger charge is -2.36. The second-order valence-electron chi connectivity index (χ2n) is 6.49. The van der Waals surface area contributed by atoms with Crippen molar-refractivity contribution >= 4 is 23.2 Å². The lowest BCUT2D eigenvalue weighted by Crippen LogP contribution is -2.43. The summed E-state index contributed by atoms with van der Waals surface area (Å²) in [6.45, 7) is 3.90. The Balaban J connectivity index is 1.96. The highest BCUT2D eigenvalue weighted by Gasteiger charge is 2.39. The molecular formula is C19H19Cl2N3O2. The van der Waals surface area contributed by atoms with E-state index in [9.17, 15) is 5.11 Å². The average molecular weight is 392 g/mol. The van der Waals surface area contributed by atoms with Gasteiger partial charge in [0.2, 0.25) is 6.23 Å². The highest BCUT2D eigenvalue weighted by molar-refractivity contribution is 6.35. The molecule has 0 bridgehead atoms. The number of aliphatic hydroxyl groups is 1. The van der Waals surface area contributed by atoms with E-state index in [0.29, 0.717) is 15.8 Å². The summed E-state index contributed by atoms with van der Waals surface area (Å²) >= 11 is 12.2. The number of halogens is 2. The summed E-state index contributed by atoms with van der Waals surface area (Å²) in [6.07, 6.45) is 1.13. The smallest absolute Gasteiger partial charge is 0.219 e. The van der Waals surface area contributed by atoms with E-state index in [1.165, 1.54) is 17.3 Å². The number of aliphatic hydroxyl groups excluding tert-OH is 1. The Morgan fingerprint density at radius 1 is 1.12 bits per heavy atom. The molecule has 1 aromatic heterocycles. The Hall–Kier alpha value is -2.08. The van der Waals surface area contributed by atoms with E-state index >= 15 is 0 Å². The van der Waals surface area contributed by atoms with Crippen molar-refractivity contribution in [2.75, 3.05) is 0 Å². The summed E-state index contributed by atoms with van der Waals surface area (Å²) < 4.78 is 7.51. The maximum absolute atomic E-state index is 11.2. The molecule has 0 spiro atoms. The highest BCUT2D eigenvalue weighted by atomic mass is 35.5. The molecule has 0 amide bonds. The van der Waals surface area contributed by atoms with Gasteiger partial charge in [-0.1, -0.05) is 67.4 Å². The molecule has 7 heteroatoms. The maximum atomic E-state index is 11.2. The molecule has 26 heavy (non-hydrogen) atoms. The van der Waals surface area contributed by atoms with Crippen LogP contribution in [0.3, 0.4) is 0 Å². The molecule has 0 saturated carbocycles. The number of ether oxygens (including phenoxy) is 1. The second kappa shape index (κ2) is 7.66. The lowest BCUT2D eigenvalue weighted by molar-refractivity contribution is -0.0536. The number of hydrogen-bond acceptors (Lipinski definition) is 4. The van der Waals surface area contributed by atoms with Crippen LogP contribution in [-0.4, -0.2) is 26.0 Å². The van der Waals surface area contributed by atoms with Gasteiger partial charge < -0.3 is 9.84 Å². The van der Waals surface area contributed by atoms with Crippen LogP contribution >= 0.6 is 23.2 Å². The molecule has 0 aliphatic carbocycles. The van der Waals surface area contributed by atoms with Crippen molar-refractivity contribution in [1.82, 2.24) is 14.8 Å². The van der Waals surface area contributed by atoms with E-state index in [-0.39, 0.29) is 0 Å². The van der Waals surface area contributed by atoms with Gasteiger partial charge in [-0.25, -0.2) is 9.67 Å². The Morgan fingerprint density at radius 3 is 2.46 bits per heavy atom. The third kappa shape index (κ3) is 3.85. The van der Waals surface area contributed by atoms with Crippen molar-refractivity contribution in [1.29, 1.82) is 0 Å². The van der Waals surface area contributed by atoms with Gasteiger partial charge in [-0.15, -0.1) is 0 Å². The minimum absolute atomic E-state index is 0.354. The van der Waals surface area contributed by atoms with Gasteiger partial charge >= 0.3 is 0 Å². The van der Waals surface area contributed by atoms with Crippen LogP contribution in [0.4, 0.5) is 0 Å². The van der Waals surface area contributed by atoms with E-state index < -0.39 is 17.7 Å². The molecule has 136 valence electrons. The van der Waals surface area contributed by atoms with Crippen molar-refractivity contribution in [3.05, 3.63) is 76.8 Å². The van der Waals surface area contributed by atoms with Crippen molar-refractivity contribution in [3.63, 3.8) is 0 Å². The predicted octanol–water partition coefficient (Wildman–Crippen LogP) is 4.50.